The van der Waals surface area contributed by atoms with Gasteiger partial charge in [-0.15, -0.1) is 0 Å². The number of likely N-dealkylation sites (N-methyl/N-ethyl adjacent to an activating group) is 1. The highest BCUT2D eigenvalue weighted by molar-refractivity contribution is 7.80. The smallest absolute Gasteiger partial charge is 0.281 e. The second-order valence-corrected chi connectivity index (χ2v) is 5.36. The molecule has 1 fully saturated rings. The summed E-state index contributed by atoms with van der Waals surface area (Å²) in [6.07, 6.45) is 5.18. The van der Waals surface area contributed by atoms with Crippen LogP contribution in [0.1, 0.15) is 5.56 Å². The van der Waals surface area contributed by atoms with Crippen LogP contribution >= 0.6 is 12.2 Å². The van der Waals surface area contributed by atoms with Crippen molar-refractivity contribution in [2.45, 2.75) is 0 Å². The van der Waals surface area contributed by atoms with E-state index in [1.165, 1.54) is 4.90 Å². The molecule has 1 aliphatic heterocycles. The number of rotatable bonds is 3. The van der Waals surface area contributed by atoms with Crippen molar-refractivity contribution < 1.29 is 9.53 Å². The first-order chi connectivity index (χ1) is 11.1. The highest BCUT2D eigenvalue weighted by Gasteiger charge is 2.36. The van der Waals surface area contributed by atoms with Crippen LogP contribution in [0.15, 0.2) is 54.5 Å². The van der Waals surface area contributed by atoms with Crippen molar-refractivity contribution in [3.63, 3.8) is 0 Å². The quantitative estimate of drug-likeness (QED) is 0.641. The first kappa shape index (κ1) is 15.2. The van der Waals surface area contributed by atoms with E-state index in [2.05, 4.69) is 4.98 Å². The molecule has 0 radical (unpaired) electrons. The van der Waals surface area contributed by atoms with Crippen LogP contribution in [0.5, 0.6) is 5.75 Å². The molecule has 1 aromatic heterocycles. The summed E-state index contributed by atoms with van der Waals surface area (Å²) in [6, 6.07) is 10.9. The maximum absolute atomic E-state index is 12.8. The highest BCUT2D eigenvalue weighted by Crippen LogP contribution is 2.29. The molecule has 5 nitrogen and oxygen atoms in total. The van der Waals surface area contributed by atoms with Crippen molar-refractivity contribution in [1.29, 1.82) is 0 Å². The summed E-state index contributed by atoms with van der Waals surface area (Å²) in [5.41, 5.74) is 2.14. The number of anilines is 1. The van der Waals surface area contributed by atoms with E-state index >= 15 is 0 Å². The van der Waals surface area contributed by atoms with Gasteiger partial charge in [0.15, 0.2) is 5.11 Å². The van der Waals surface area contributed by atoms with E-state index in [9.17, 15) is 4.79 Å². The van der Waals surface area contributed by atoms with Gasteiger partial charge in [0.2, 0.25) is 0 Å². The second kappa shape index (κ2) is 6.18. The van der Waals surface area contributed by atoms with Crippen LogP contribution in [0.3, 0.4) is 0 Å². The van der Waals surface area contributed by atoms with Gasteiger partial charge in [-0.25, -0.2) is 0 Å². The van der Waals surface area contributed by atoms with E-state index in [0.717, 1.165) is 11.3 Å². The molecule has 0 spiro atoms. The lowest BCUT2D eigenvalue weighted by Gasteiger charge is -2.16. The zero-order valence-corrected chi connectivity index (χ0v) is 13.6. The summed E-state index contributed by atoms with van der Waals surface area (Å²) < 4.78 is 5.14. The Kier molecular flexibility index (Phi) is 4.08. The number of carbonyl (C=O) groups excluding carboxylic acids is 1. The van der Waals surface area contributed by atoms with Crippen molar-refractivity contribution in [3.05, 3.63) is 60.1 Å². The van der Waals surface area contributed by atoms with Gasteiger partial charge in [0.25, 0.3) is 5.91 Å². The van der Waals surface area contributed by atoms with E-state index in [4.69, 9.17) is 17.0 Å². The van der Waals surface area contributed by atoms with Gasteiger partial charge in [-0.2, -0.15) is 0 Å². The van der Waals surface area contributed by atoms with E-state index in [-0.39, 0.29) is 5.91 Å². The summed E-state index contributed by atoms with van der Waals surface area (Å²) in [7, 11) is 3.39. The van der Waals surface area contributed by atoms with E-state index in [1.54, 1.807) is 49.7 Å². The Labute approximate surface area is 139 Å². The van der Waals surface area contributed by atoms with Gasteiger partial charge in [0.1, 0.15) is 11.4 Å². The molecule has 1 saturated heterocycles. The average molecular weight is 325 g/mol. The van der Waals surface area contributed by atoms with Crippen molar-refractivity contribution in [3.8, 4) is 5.75 Å². The van der Waals surface area contributed by atoms with Crippen LogP contribution in [0.25, 0.3) is 6.08 Å². The molecule has 1 amide bonds. The van der Waals surface area contributed by atoms with Crippen molar-refractivity contribution in [1.82, 2.24) is 9.88 Å². The third-order valence-corrected chi connectivity index (χ3v) is 4.06. The number of thiocarbonyl (C=S) groups is 1. The molecule has 0 N–H and O–H groups in total. The molecule has 0 unspecified atom stereocenters. The molecule has 116 valence electrons. The molecule has 1 aromatic carbocycles. The van der Waals surface area contributed by atoms with Crippen LogP contribution < -0.4 is 9.64 Å². The Balaban J connectivity index is 1.96. The third-order valence-electron chi connectivity index (χ3n) is 3.60. The molecule has 1 aliphatic rings. The number of nitrogens with zero attached hydrogens (tertiary/aromatic N) is 3. The van der Waals surface area contributed by atoms with E-state index in [0.29, 0.717) is 16.5 Å². The van der Waals surface area contributed by atoms with Gasteiger partial charge >= 0.3 is 0 Å². The summed E-state index contributed by atoms with van der Waals surface area (Å²) in [5, 5.41) is 0.445. The van der Waals surface area contributed by atoms with Crippen LogP contribution in [-0.4, -0.2) is 35.1 Å². The Morgan fingerprint density at radius 2 is 1.78 bits per heavy atom. The third kappa shape index (κ3) is 2.80. The Bertz CT molecular complexity index is 772. The standard InChI is InChI=1S/C17H15N3O2S/c1-19-15(11-12-7-9-18-10-8-12)16(21)20(17(19)23)13-3-5-14(22-2)6-4-13/h3-11H,1-2H3/b15-11+. The lowest BCUT2D eigenvalue weighted by Crippen LogP contribution is -2.31. The summed E-state index contributed by atoms with van der Waals surface area (Å²) in [6.45, 7) is 0. The molecule has 2 aromatic rings. The van der Waals surface area contributed by atoms with Gasteiger partial charge < -0.3 is 9.64 Å². The number of benzene rings is 1. The van der Waals surface area contributed by atoms with Crippen LogP contribution in [-0.2, 0) is 4.79 Å². The maximum atomic E-state index is 12.8. The maximum Gasteiger partial charge on any atom is 0.281 e. The molecule has 2 heterocycles. The molecule has 23 heavy (non-hydrogen) atoms. The average Bonchev–Trinajstić information content (AvgIpc) is 2.80. The second-order valence-electron chi connectivity index (χ2n) is 4.99. The van der Waals surface area contributed by atoms with Crippen LogP contribution in [0.2, 0.25) is 0 Å². The zero-order chi connectivity index (χ0) is 16.4. The summed E-state index contributed by atoms with van der Waals surface area (Å²) >= 11 is 5.42. The number of hydrogen-bond acceptors (Lipinski definition) is 4. The largest absolute Gasteiger partial charge is 0.497 e. The molecular weight excluding hydrogens is 310 g/mol. The number of carbonyl (C=O) groups is 1. The molecule has 0 bridgehead atoms. The van der Waals surface area contributed by atoms with Gasteiger partial charge in [-0.3, -0.25) is 14.7 Å². The molecular formula is C17H15N3O2S. The first-order valence-electron chi connectivity index (χ1n) is 7.00. The number of ether oxygens (including phenoxy) is 1. The van der Waals surface area contributed by atoms with E-state index < -0.39 is 0 Å². The highest BCUT2D eigenvalue weighted by atomic mass is 32.1. The Hall–Kier alpha value is -2.73. The minimum atomic E-state index is -0.153. The van der Waals surface area contributed by atoms with Crippen molar-refractivity contribution >= 4 is 35.0 Å². The predicted octanol–water partition coefficient (Wildman–Crippen LogP) is 2.69. The lowest BCUT2D eigenvalue weighted by atomic mass is 10.2. The number of aromatic nitrogens is 1. The summed E-state index contributed by atoms with van der Waals surface area (Å²) in [5.74, 6) is 0.576. The number of amides is 1. The van der Waals surface area contributed by atoms with Gasteiger partial charge in [-0.1, -0.05) is 0 Å². The SMILES string of the molecule is COc1ccc(N2C(=O)/C(=C\c3ccncc3)N(C)C2=S)cc1. The molecule has 3 rings (SSSR count). The fraction of sp³-hybridized carbons (Fsp3) is 0.118. The van der Waals surface area contributed by atoms with Gasteiger partial charge in [0, 0.05) is 19.4 Å². The normalized spacial score (nSPS) is 16.3. The molecule has 0 atom stereocenters. The van der Waals surface area contributed by atoms with Crippen LogP contribution in [0, 0.1) is 0 Å². The minimum absolute atomic E-state index is 0.153. The minimum Gasteiger partial charge on any atom is -0.497 e. The Morgan fingerprint density at radius 3 is 2.39 bits per heavy atom. The monoisotopic (exact) mass is 325 g/mol. The predicted molar refractivity (Wildman–Crippen MR) is 93.1 cm³/mol. The number of hydrogen-bond donors (Lipinski definition) is 0. The number of pyridine rings is 1. The lowest BCUT2D eigenvalue weighted by molar-refractivity contribution is -0.114. The van der Waals surface area contributed by atoms with Gasteiger partial charge in [0.05, 0.1) is 12.8 Å². The fourth-order valence-electron chi connectivity index (χ4n) is 2.33. The number of methoxy groups -OCH3 is 1. The Morgan fingerprint density at radius 1 is 1.13 bits per heavy atom. The first-order valence-corrected chi connectivity index (χ1v) is 7.40. The molecule has 0 saturated carbocycles. The molecule has 0 aliphatic carbocycles. The van der Waals surface area contributed by atoms with Crippen molar-refractivity contribution in [2.24, 2.45) is 0 Å². The molecule has 6 heteroatoms. The van der Waals surface area contributed by atoms with Crippen molar-refractivity contribution in [2.75, 3.05) is 19.1 Å². The van der Waals surface area contributed by atoms with E-state index in [1.807, 2.05) is 24.3 Å². The fourth-order valence-corrected chi connectivity index (χ4v) is 2.62. The van der Waals surface area contributed by atoms with Gasteiger partial charge in [-0.05, 0) is 60.3 Å². The van der Waals surface area contributed by atoms with Crippen LogP contribution in [0.4, 0.5) is 5.69 Å². The zero-order valence-electron chi connectivity index (χ0n) is 12.8. The summed E-state index contributed by atoms with van der Waals surface area (Å²) in [4.78, 5) is 20.0. The topological polar surface area (TPSA) is 45.7 Å².